The molecule has 0 spiro atoms. The van der Waals surface area contributed by atoms with E-state index in [9.17, 15) is 19.8 Å². The van der Waals surface area contributed by atoms with E-state index in [0.717, 1.165) is 37.2 Å². The van der Waals surface area contributed by atoms with Gasteiger partial charge in [-0.25, -0.2) is 4.79 Å². The maximum absolute atomic E-state index is 12.3. The Morgan fingerprint density at radius 2 is 2.00 bits per heavy atom. The number of H-pyrrole nitrogens is 1. The second-order valence-corrected chi connectivity index (χ2v) is 6.27. The molecule has 1 aliphatic rings. The van der Waals surface area contributed by atoms with Crippen molar-refractivity contribution in [2.75, 3.05) is 25.1 Å². The smallest absolute Gasteiger partial charge is 0.345 e. The van der Waals surface area contributed by atoms with Crippen molar-refractivity contribution < 1.29 is 19.7 Å². The lowest BCUT2D eigenvalue weighted by Gasteiger charge is -2.23. The Morgan fingerprint density at radius 3 is 2.58 bits per heavy atom. The van der Waals surface area contributed by atoms with Crippen LogP contribution in [-0.2, 0) is 6.42 Å². The lowest BCUT2D eigenvalue weighted by atomic mass is 9.98. The van der Waals surface area contributed by atoms with Crippen molar-refractivity contribution in [2.45, 2.75) is 26.2 Å². The van der Waals surface area contributed by atoms with Gasteiger partial charge in [0.25, 0.3) is 5.56 Å². The van der Waals surface area contributed by atoms with E-state index in [1.54, 1.807) is 13.2 Å². The Balaban J connectivity index is 2.26. The van der Waals surface area contributed by atoms with Gasteiger partial charge in [0.1, 0.15) is 11.5 Å². The van der Waals surface area contributed by atoms with E-state index in [2.05, 4.69) is 9.88 Å². The highest BCUT2D eigenvalue weighted by atomic mass is 16.5. The number of carboxylic acids is 1. The molecule has 0 saturated carbocycles. The molecule has 3 N–H and O–H groups in total. The van der Waals surface area contributed by atoms with E-state index in [1.165, 1.54) is 0 Å². The van der Waals surface area contributed by atoms with Gasteiger partial charge in [0.2, 0.25) is 0 Å². The highest BCUT2D eigenvalue weighted by Gasteiger charge is 2.25. The lowest BCUT2D eigenvalue weighted by Crippen LogP contribution is -2.22. The molecule has 1 aliphatic heterocycles. The van der Waals surface area contributed by atoms with Crippen molar-refractivity contribution in [2.24, 2.45) is 0 Å². The summed E-state index contributed by atoms with van der Waals surface area (Å²) in [4.78, 5) is 28.5. The molecule has 2 aromatic rings. The molecule has 1 saturated heterocycles. The molecule has 1 fully saturated rings. The number of methoxy groups -OCH3 is 1. The third kappa shape index (κ3) is 3.00. The molecule has 0 bridgehead atoms. The minimum absolute atomic E-state index is 0.379. The zero-order chi connectivity index (χ0) is 18.8. The maximum Gasteiger partial charge on any atom is 0.345 e. The van der Waals surface area contributed by atoms with Crippen LogP contribution in [0.5, 0.6) is 11.5 Å². The largest absolute Gasteiger partial charge is 0.506 e. The van der Waals surface area contributed by atoms with Crippen LogP contribution in [0.25, 0.3) is 11.3 Å². The van der Waals surface area contributed by atoms with Crippen molar-refractivity contribution in [1.29, 1.82) is 0 Å². The van der Waals surface area contributed by atoms with E-state index in [4.69, 9.17) is 4.74 Å². The van der Waals surface area contributed by atoms with E-state index in [1.807, 2.05) is 19.1 Å². The predicted octanol–water partition coefficient (Wildman–Crippen LogP) is 2.62. The first kappa shape index (κ1) is 17.8. The number of hydrogen-bond acceptors (Lipinski definition) is 5. The molecule has 138 valence electrons. The summed E-state index contributed by atoms with van der Waals surface area (Å²) in [5, 5.41) is 19.6. The molecule has 7 nitrogen and oxygen atoms in total. The van der Waals surface area contributed by atoms with Gasteiger partial charge in [-0.1, -0.05) is 6.92 Å². The normalized spacial score (nSPS) is 13.8. The monoisotopic (exact) mass is 358 g/mol. The number of carboxylic acid groups (broad SMARTS) is 1. The van der Waals surface area contributed by atoms with Crippen LogP contribution in [0.4, 0.5) is 5.69 Å². The zero-order valence-electron chi connectivity index (χ0n) is 14.8. The topological polar surface area (TPSA) is 103 Å². The minimum Gasteiger partial charge on any atom is -0.506 e. The van der Waals surface area contributed by atoms with Crippen LogP contribution >= 0.6 is 0 Å². The molecule has 0 unspecified atom stereocenters. The number of anilines is 1. The summed E-state index contributed by atoms with van der Waals surface area (Å²) in [6.45, 7) is 3.59. The van der Waals surface area contributed by atoms with Gasteiger partial charge in [0, 0.05) is 36.0 Å². The number of nitrogens with one attached hydrogen (secondary N) is 1. The van der Waals surface area contributed by atoms with Crippen molar-refractivity contribution >= 4 is 11.7 Å². The third-order valence-electron chi connectivity index (χ3n) is 4.78. The third-order valence-corrected chi connectivity index (χ3v) is 4.78. The maximum atomic E-state index is 12.3. The van der Waals surface area contributed by atoms with Crippen molar-refractivity contribution in [1.82, 2.24) is 4.98 Å². The van der Waals surface area contributed by atoms with Crippen LogP contribution in [0, 0.1) is 0 Å². The summed E-state index contributed by atoms with van der Waals surface area (Å²) in [5.41, 5.74) is 1.06. The number of aromatic nitrogens is 1. The van der Waals surface area contributed by atoms with E-state index in [0.29, 0.717) is 23.4 Å². The predicted molar refractivity (Wildman–Crippen MR) is 98.5 cm³/mol. The first-order valence-corrected chi connectivity index (χ1v) is 8.62. The Bertz CT molecular complexity index is 898. The molecule has 0 amide bonds. The minimum atomic E-state index is -1.44. The molecule has 7 heteroatoms. The Labute approximate surface area is 150 Å². The number of pyridine rings is 1. The molecule has 1 aromatic carbocycles. The molecular weight excluding hydrogens is 336 g/mol. The number of aromatic carboxylic acids is 1. The number of benzene rings is 1. The van der Waals surface area contributed by atoms with Crippen LogP contribution in [0.2, 0.25) is 0 Å². The standard InChI is InChI=1S/C19H22N2O5/c1-3-12-16(20-18(23)15(17(12)22)19(24)25)13-7-6-11(26-2)10-14(13)21-8-4-5-9-21/h6-7,10H,3-5,8-9H2,1-2H3,(H,24,25)(H2,20,22,23). The van der Waals surface area contributed by atoms with Crippen molar-refractivity contribution in [3.63, 3.8) is 0 Å². The number of aromatic amines is 1. The van der Waals surface area contributed by atoms with Crippen LogP contribution in [0.15, 0.2) is 23.0 Å². The summed E-state index contributed by atoms with van der Waals surface area (Å²) >= 11 is 0. The first-order chi connectivity index (χ1) is 12.5. The number of ether oxygens (including phenoxy) is 1. The second kappa shape index (κ2) is 7.11. The van der Waals surface area contributed by atoms with Crippen molar-refractivity contribution in [3.05, 3.63) is 39.7 Å². The van der Waals surface area contributed by atoms with E-state index in [-0.39, 0.29) is 0 Å². The summed E-state index contributed by atoms with van der Waals surface area (Å²) in [6, 6.07) is 5.52. The summed E-state index contributed by atoms with van der Waals surface area (Å²) < 4.78 is 5.33. The lowest BCUT2D eigenvalue weighted by molar-refractivity contribution is 0.0691. The fraction of sp³-hybridized carbons (Fsp3) is 0.368. The van der Waals surface area contributed by atoms with E-state index < -0.39 is 22.8 Å². The Hall–Kier alpha value is -2.96. The van der Waals surface area contributed by atoms with Gasteiger partial charge < -0.3 is 24.8 Å². The summed E-state index contributed by atoms with van der Waals surface area (Å²) in [7, 11) is 1.59. The SMILES string of the molecule is CCc1c(-c2ccc(OC)cc2N2CCCC2)[nH]c(=O)c(C(=O)O)c1O. The highest BCUT2D eigenvalue weighted by Crippen LogP contribution is 2.38. The fourth-order valence-electron chi connectivity index (χ4n) is 3.47. The molecule has 0 radical (unpaired) electrons. The summed E-state index contributed by atoms with van der Waals surface area (Å²) in [5.74, 6) is -1.22. The van der Waals surface area contributed by atoms with Crippen LogP contribution in [0.3, 0.4) is 0 Å². The zero-order valence-corrected chi connectivity index (χ0v) is 14.8. The number of hydrogen-bond donors (Lipinski definition) is 3. The average Bonchev–Trinajstić information content (AvgIpc) is 3.15. The molecule has 0 aliphatic carbocycles. The molecule has 0 atom stereocenters. The average molecular weight is 358 g/mol. The van der Waals surface area contributed by atoms with Crippen LogP contribution in [0.1, 0.15) is 35.7 Å². The van der Waals surface area contributed by atoms with Gasteiger partial charge in [-0.15, -0.1) is 0 Å². The van der Waals surface area contributed by atoms with Gasteiger partial charge >= 0.3 is 5.97 Å². The highest BCUT2D eigenvalue weighted by molar-refractivity contribution is 5.92. The quantitative estimate of drug-likeness (QED) is 0.759. The van der Waals surface area contributed by atoms with Gasteiger partial charge in [0.05, 0.1) is 12.8 Å². The fourth-order valence-corrected chi connectivity index (χ4v) is 3.47. The van der Waals surface area contributed by atoms with Gasteiger partial charge in [-0.05, 0) is 31.4 Å². The van der Waals surface area contributed by atoms with Crippen LogP contribution < -0.4 is 15.2 Å². The molecule has 26 heavy (non-hydrogen) atoms. The summed E-state index contributed by atoms with van der Waals surface area (Å²) in [6.07, 6.45) is 2.54. The Kier molecular flexibility index (Phi) is 4.88. The number of aromatic hydroxyl groups is 1. The molecule has 2 heterocycles. The number of rotatable bonds is 5. The van der Waals surface area contributed by atoms with E-state index >= 15 is 0 Å². The number of carbonyl (C=O) groups is 1. The second-order valence-electron chi connectivity index (χ2n) is 6.27. The van der Waals surface area contributed by atoms with Gasteiger partial charge in [0.15, 0.2) is 5.56 Å². The number of nitrogens with zero attached hydrogens (tertiary/aromatic N) is 1. The van der Waals surface area contributed by atoms with Crippen molar-refractivity contribution in [3.8, 4) is 22.8 Å². The van der Waals surface area contributed by atoms with Gasteiger partial charge in [-0.3, -0.25) is 4.79 Å². The molecule has 1 aromatic heterocycles. The van der Waals surface area contributed by atoms with Gasteiger partial charge in [-0.2, -0.15) is 0 Å². The van der Waals surface area contributed by atoms with Crippen LogP contribution in [-0.4, -0.2) is 41.4 Å². The Morgan fingerprint density at radius 1 is 1.31 bits per heavy atom. The first-order valence-electron chi connectivity index (χ1n) is 8.62. The molecular formula is C19H22N2O5. The molecule has 3 rings (SSSR count).